The molecule has 3 aromatic rings. The molecule has 160 valence electrons. The molecule has 7 nitrogen and oxygen atoms in total. The highest BCUT2D eigenvalue weighted by Crippen LogP contribution is 2.30. The number of carbonyl (C=O) groups is 2. The van der Waals surface area contributed by atoms with E-state index < -0.39 is 11.8 Å². The minimum absolute atomic E-state index is 0.0569. The third-order valence-corrected chi connectivity index (χ3v) is 4.91. The molecule has 0 atom stereocenters. The number of benzene rings is 2. The number of hydrogen-bond acceptors (Lipinski definition) is 5. The molecule has 0 unspecified atom stereocenters. The van der Waals surface area contributed by atoms with Crippen LogP contribution in [0.3, 0.4) is 0 Å². The summed E-state index contributed by atoms with van der Waals surface area (Å²) in [5, 5.41) is 5.48. The third kappa shape index (κ3) is 5.88. The molecule has 0 aliphatic rings. The fourth-order valence-electron chi connectivity index (χ4n) is 2.85. The van der Waals surface area contributed by atoms with Crippen molar-refractivity contribution in [3.05, 3.63) is 87.0 Å². The number of para-hydroxylation sites is 1. The Balaban J connectivity index is 1.81. The van der Waals surface area contributed by atoms with E-state index >= 15 is 0 Å². The van der Waals surface area contributed by atoms with Gasteiger partial charge in [-0.15, -0.1) is 0 Å². The molecule has 1 aromatic heterocycles. The Morgan fingerprint density at radius 1 is 1.00 bits per heavy atom. The highest BCUT2D eigenvalue weighted by Gasteiger charge is 2.17. The molecular weight excluding hydrogens is 511 g/mol. The highest BCUT2D eigenvalue weighted by atomic mass is 127. The van der Waals surface area contributed by atoms with Gasteiger partial charge in [0.25, 0.3) is 11.8 Å². The van der Waals surface area contributed by atoms with Crippen LogP contribution in [-0.4, -0.2) is 26.0 Å². The molecule has 8 heteroatoms. The van der Waals surface area contributed by atoms with Crippen LogP contribution in [0.15, 0.2) is 70.8 Å². The first kappa shape index (κ1) is 22.4. The van der Waals surface area contributed by atoms with Gasteiger partial charge in [0.15, 0.2) is 15.3 Å². The molecule has 1 heterocycles. The predicted molar refractivity (Wildman–Crippen MR) is 125 cm³/mol. The largest absolute Gasteiger partial charge is 0.493 e. The van der Waals surface area contributed by atoms with E-state index in [1.807, 2.05) is 40.8 Å². The Bertz CT molecular complexity index is 1090. The lowest BCUT2D eigenvalue weighted by Crippen LogP contribution is -2.34. The van der Waals surface area contributed by atoms with Crippen LogP contribution in [-0.2, 0) is 11.3 Å². The second-order valence-electron chi connectivity index (χ2n) is 6.36. The van der Waals surface area contributed by atoms with Gasteiger partial charge in [-0.1, -0.05) is 30.3 Å². The summed E-state index contributed by atoms with van der Waals surface area (Å²) in [5.41, 5.74) is 1.22. The van der Waals surface area contributed by atoms with Gasteiger partial charge in [-0.3, -0.25) is 9.59 Å². The van der Waals surface area contributed by atoms with E-state index in [1.165, 1.54) is 13.2 Å². The third-order valence-electron chi connectivity index (χ3n) is 4.33. The normalized spacial score (nSPS) is 11.0. The van der Waals surface area contributed by atoms with E-state index in [1.54, 1.807) is 49.6 Å². The number of halogens is 1. The number of furan rings is 1. The summed E-state index contributed by atoms with van der Waals surface area (Å²) in [4.78, 5) is 25.6. The van der Waals surface area contributed by atoms with Crippen LogP contribution in [0, 0.1) is 3.77 Å². The van der Waals surface area contributed by atoms with Crippen molar-refractivity contribution in [3.63, 3.8) is 0 Å². The fraction of sp³-hybridized carbons (Fsp3) is 0.130. The van der Waals surface area contributed by atoms with Gasteiger partial charge in [-0.05, 0) is 52.9 Å². The summed E-state index contributed by atoms with van der Waals surface area (Å²) in [6.45, 7) is 0.174. The molecule has 2 N–H and O–H groups in total. The van der Waals surface area contributed by atoms with E-state index in [-0.39, 0.29) is 12.2 Å². The van der Waals surface area contributed by atoms with Crippen LogP contribution in [0.4, 0.5) is 0 Å². The first-order valence-electron chi connectivity index (χ1n) is 9.33. The molecular formula is C23H21IN2O5. The molecule has 3 rings (SSSR count). The molecule has 0 spiro atoms. The number of rotatable bonds is 8. The maximum atomic E-state index is 12.9. The lowest BCUT2D eigenvalue weighted by Gasteiger charge is -2.14. The Morgan fingerprint density at radius 2 is 1.77 bits per heavy atom. The van der Waals surface area contributed by atoms with Gasteiger partial charge in [0.1, 0.15) is 11.5 Å². The number of carbonyl (C=O) groups excluding carboxylic acids is 2. The van der Waals surface area contributed by atoms with E-state index in [0.29, 0.717) is 26.6 Å². The standard InChI is InChI=1S/C23H21IN2O5/c1-29-19-10-6-9-16(21(19)30-2)14-25-23(28)18(13-17-11-12-20(24)31-17)26-22(27)15-7-4-3-5-8-15/h3-13H,14H2,1-2H3,(H,25,28)(H,26,27). The lowest BCUT2D eigenvalue weighted by molar-refractivity contribution is -0.117. The topological polar surface area (TPSA) is 89.8 Å². The summed E-state index contributed by atoms with van der Waals surface area (Å²) in [5.74, 6) is 0.668. The van der Waals surface area contributed by atoms with E-state index in [2.05, 4.69) is 10.6 Å². The Morgan fingerprint density at radius 3 is 2.42 bits per heavy atom. The first-order chi connectivity index (χ1) is 15.0. The van der Waals surface area contributed by atoms with Crippen LogP contribution in [0.1, 0.15) is 21.7 Å². The molecule has 0 saturated heterocycles. The SMILES string of the molecule is COc1cccc(CNC(=O)C(=Cc2ccc(I)o2)NC(=O)c2ccccc2)c1OC. The van der Waals surface area contributed by atoms with Crippen LogP contribution in [0.2, 0.25) is 0 Å². The molecule has 0 aliphatic carbocycles. The average molecular weight is 532 g/mol. The average Bonchev–Trinajstić information content (AvgIpc) is 3.21. The summed E-state index contributed by atoms with van der Waals surface area (Å²) in [7, 11) is 3.08. The monoisotopic (exact) mass is 532 g/mol. The van der Waals surface area contributed by atoms with Crippen molar-refractivity contribution in [1.29, 1.82) is 0 Å². The van der Waals surface area contributed by atoms with E-state index in [0.717, 1.165) is 5.56 Å². The second kappa shape index (κ2) is 10.7. The maximum Gasteiger partial charge on any atom is 0.268 e. The molecule has 2 aromatic carbocycles. The summed E-state index contributed by atoms with van der Waals surface area (Å²) in [6, 6.07) is 17.5. The molecule has 2 amide bonds. The molecule has 0 aliphatic heterocycles. The quantitative estimate of drug-likeness (QED) is 0.339. The Labute approximate surface area is 193 Å². The van der Waals surface area contributed by atoms with Gasteiger partial charge in [-0.25, -0.2) is 0 Å². The minimum atomic E-state index is -0.472. The number of hydrogen-bond donors (Lipinski definition) is 2. The first-order valence-corrected chi connectivity index (χ1v) is 10.4. The minimum Gasteiger partial charge on any atom is -0.493 e. The molecule has 0 bridgehead atoms. The predicted octanol–water partition coefficient (Wildman–Crippen LogP) is 3.99. The van der Waals surface area contributed by atoms with Crippen LogP contribution in [0.5, 0.6) is 11.5 Å². The van der Waals surface area contributed by atoms with Crippen molar-refractivity contribution >= 4 is 40.5 Å². The molecule has 0 radical (unpaired) electrons. The Hall–Kier alpha value is -3.27. The van der Waals surface area contributed by atoms with Gasteiger partial charge in [0, 0.05) is 23.7 Å². The number of nitrogens with one attached hydrogen (secondary N) is 2. The summed E-state index contributed by atoms with van der Waals surface area (Å²) in [6.07, 6.45) is 1.49. The van der Waals surface area contributed by atoms with Crippen molar-refractivity contribution in [2.75, 3.05) is 14.2 Å². The summed E-state index contributed by atoms with van der Waals surface area (Å²) >= 11 is 2.03. The van der Waals surface area contributed by atoms with Crippen molar-refractivity contribution in [3.8, 4) is 11.5 Å². The smallest absolute Gasteiger partial charge is 0.268 e. The van der Waals surface area contributed by atoms with Gasteiger partial charge < -0.3 is 24.5 Å². The van der Waals surface area contributed by atoms with Crippen molar-refractivity contribution in [1.82, 2.24) is 10.6 Å². The van der Waals surface area contributed by atoms with Gasteiger partial charge in [0.2, 0.25) is 0 Å². The van der Waals surface area contributed by atoms with E-state index in [9.17, 15) is 9.59 Å². The fourth-order valence-corrected chi connectivity index (χ4v) is 3.29. The van der Waals surface area contributed by atoms with Gasteiger partial charge in [-0.2, -0.15) is 0 Å². The van der Waals surface area contributed by atoms with E-state index in [4.69, 9.17) is 13.9 Å². The van der Waals surface area contributed by atoms with Crippen molar-refractivity contribution < 1.29 is 23.5 Å². The van der Waals surface area contributed by atoms with Gasteiger partial charge in [0.05, 0.1) is 14.2 Å². The number of amides is 2. The lowest BCUT2D eigenvalue weighted by atomic mass is 10.1. The zero-order valence-corrected chi connectivity index (χ0v) is 19.1. The summed E-state index contributed by atoms with van der Waals surface area (Å²) < 4.78 is 16.9. The molecule has 0 saturated carbocycles. The highest BCUT2D eigenvalue weighted by molar-refractivity contribution is 14.1. The van der Waals surface area contributed by atoms with Crippen molar-refractivity contribution in [2.24, 2.45) is 0 Å². The number of ether oxygens (including phenoxy) is 2. The Kier molecular flexibility index (Phi) is 7.71. The zero-order valence-electron chi connectivity index (χ0n) is 17.0. The second-order valence-corrected chi connectivity index (χ2v) is 7.42. The van der Waals surface area contributed by atoms with Crippen LogP contribution in [0.25, 0.3) is 6.08 Å². The van der Waals surface area contributed by atoms with Crippen LogP contribution >= 0.6 is 22.6 Å². The van der Waals surface area contributed by atoms with Crippen molar-refractivity contribution in [2.45, 2.75) is 6.54 Å². The van der Waals surface area contributed by atoms with Crippen LogP contribution < -0.4 is 20.1 Å². The van der Waals surface area contributed by atoms with Gasteiger partial charge >= 0.3 is 0 Å². The maximum absolute atomic E-state index is 12.9. The number of methoxy groups -OCH3 is 2. The zero-order chi connectivity index (χ0) is 22.2. The molecule has 31 heavy (non-hydrogen) atoms. The molecule has 0 fully saturated rings.